The fourth-order valence-electron chi connectivity index (χ4n) is 4.39. The van der Waals surface area contributed by atoms with E-state index in [1.54, 1.807) is 6.20 Å². The van der Waals surface area contributed by atoms with Crippen molar-refractivity contribution in [3.63, 3.8) is 0 Å². The Kier molecular flexibility index (Phi) is 4.69. The highest BCUT2D eigenvalue weighted by Gasteiger charge is 2.23. The first kappa shape index (κ1) is 18.7. The van der Waals surface area contributed by atoms with Gasteiger partial charge in [-0.05, 0) is 54.5 Å². The van der Waals surface area contributed by atoms with E-state index < -0.39 is 0 Å². The SMILES string of the molecule is Cc1[nH]nnc1-c1ccnc(-c2cn(C[C@H]3CCc4cc(C(C)C)ccc43)cn2)c1. The second-order valence-corrected chi connectivity index (χ2v) is 8.52. The molecule has 3 heterocycles. The fourth-order valence-corrected chi connectivity index (χ4v) is 4.39. The fraction of sp³-hybridized carbons (Fsp3) is 0.333. The second-order valence-electron chi connectivity index (χ2n) is 8.52. The quantitative estimate of drug-likeness (QED) is 0.519. The summed E-state index contributed by atoms with van der Waals surface area (Å²) >= 11 is 0. The van der Waals surface area contributed by atoms with Crippen molar-refractivity contribution in [1.82, 2.24) is 29.9 Å². The van der Waals surface area contributed by atoms with Gasteiger partial charge in [0.1, 0.15) is 11.4 Å². The molecule has 0 radical (unpaired) electrons. The smallest absolute Gasteiger partial charge is 0.115 e. The number of fused-ring (bicyclic) bond motifs is 1. The van der Waals surface area contributed by atoms with E-state index in [1.807, 2.05) is 25.4 Å². The number of hydrogen-bond acceptors (Lipinski definition) is 4. The number of imidazole rings is 1. The molecule has 1 N–H and O–H groups in total. The van der Waals surface area contributed by atoms with Gasteiger partial charge >= 0.3 is 0 Å². The van der Waals surface area contributed by atoms with Crippen LogP contribution in [-0.2, 0) is 13.0 Å². The van der Waals surface area contributed by atoms with Crippen molar-refractivity contribution in [3.05, 3.63) is 71.4 Å². The molecule has 4 aromatic rings. The molecule has 0 aliphatic heterocycles. The third kappa shape index (κ3) is 3.43. The first-order chi connectivity index (χ1) is 14.6. The van der Waals surface area contributed by atoms with Gasteiger partial charge in [0.2, 0.25) is 0 Å². The second kappa shape index (κ2) is 7.52. The topological polar surface area (TPSA) is 72.3 Å². The van der Waals surface area contributed by atoms with Gasteiger partial charge in [-0.15, -0.1) is 5.10 Å². The summed E-state index contributed by atoms with van der Waals surface area (Å²) in [6.45, 7) is 7.43. The number of pyridine rings is 1. The molecule has 1 aliphatic rings. The van der Waals surface area contributed by atoms with Crippen LogP contribution < -0.4 is 0 Å². The van der Waals surface area contributed by atoms with Gasteiger partial charge < -0.3 is 4.57 Å². The lowest BCUT2D eigenvalue weighted by molar-refractivity contribution is 0.555. The van der Waals surface area contributed by atoms with E-state index in [9.17, 15) is 0 Å². The van der Waals surface area contributed by atoms with Crippen LogP contribution in [0.1, 0.15) is 54.5 Å². The Balaban J connectivity index is 1.36. The largest absolute Gasteiger partial charge is 0.336 e. The molecule has 0 fully saturated rings. The summed E-state index contributed by atoms with van der Waals surface area (Å²) in [6.07, 6.45) is 8.19. The zero-order chi connectivity index (χ0) is 20.7. The van der Waals surface area contributed by atoms with Gasteiger partial charge in [-0.3, -0.25) is 10.1 Å². The Morgan fingerprint density at radius 3 is 2.83 bits per heavy atom. The molecule has 1 atom stereocenters. The minimum atomic E-state index is 0.542. The van der Waals surface area contributed by atoms with Crippen molar-refractivity contribution in [1.29, 1.82) is 0 Å². The summed E-state index contributed by atoms with van der Waals surface area (Å²) in [4.78, 5) is 9.15. The highest BCUT2D eigenvalue weighted by atomic mass is 15.3. The molecule has 6 nitrogen and oxygen atoms in total. The summed E-state index contributed by atoms with van der Waals surface area (Å²) in [5.74, 6) is 1.12. The molecule has 1 aliphatic carbocycles. The lowest BCUT2D eigenvalue weighted by atomic mass is 9.96. The van der Waals surface area contributed by atoms with E-state index in [-0.39, 0.29) is 0 Å². The predicted octanol–water partition coefficient (Wildman–Crippen LogP) is 4.89. The summed E-state index contributed by atoms with van der Waals surface area (Å²) in [7, 11) is 0. The molecule has 0 saturated heterocycles. The summed E-state index contributed by atoms with van der Waals surface area (Å²) < 4.78 is 2.20. The van der Waals surface area contributed by atoms with Gasteiger partial charge in [0.25, 0.3) is 0 Å². The molecule has 3 aromatic heterocycles. The molecule has 0 bridgehead atoms. The van der Waals surface area contributed by atoms with Crippen LogP contribution in [0.15, 0.2) is 49.1 Å². The maximum absolute atomic E-state index is 4.62. The summed E-state index contributed by atoms with van der Waals surface area (Å²) in [5.41, 5.74) is 8.97. The Morgan fingerprint density at radius 1 is 1.13 bits per heavy atom. The number of hydrogen-bond donors (Lipinski definition) is 1. The molecular formula is C24H26N6. The number of nitrogens with zero attached hydrogens (tertiary/aromatic N) is 5. The van der Waals surface area contributed by atoms with Crippen molar-refractivity contribution >= 4 is 0 Å². The molecule has 0 spiro atoms. The van der Waals surface area contributed by atoms with Crippen LogP contribution in [-0.4, -0.2) is 29.9 Å². The number of benzene rings is 1. The molecule has 0 unspecified atom stereocenters. The zero-order valence-corrected chi connectivity index (χ0v) is 17.6. The first-order valence-corrected chi connectivity index (χ1v) is 10.6. The third-order valence-corrected chi connectivity index (χ3v) is 6.12. The minimum absolute atomic E-state index is 0.542. The lowest BCUT2D eigenvalue weighted by Gasteiger charge is -2.14. The van der Waals surface area contributed by atoms with E-state index in [4.69, 9.17) is 0 Å². The third-order valence-electron chi connectivity index (χ3n) is 6.12. The molecule has 30 heavy (non-hydrogen) atoms. The van der Waals surface area contributed by atoms with Crippen LogP contribution >= 0.6 is 0 Å². The Morgan fingerprint density at radius 2 is 2.03 bits per heavy atom. The molecule has 5 rings (SSSR count). The standard InChI is InChI=1S/C24H26N6/c1-15(2)17-6-7-21-18(10-17)4-5-20(21)12-30-13-23(26-14-30)22-11-19(8-9-25-22)24-16(3)27-29-28-24/h6-11,13-15,20H,4-5,12H2,1-3H3,(H,27,28,29)/t20-/m1/s1. The van der Waals surface area contributed by atoms with Gasteiger partial charge in [-0.1, -0.05) is 37.3 Å². The number of H-pyrrole nitrogens is 1. The van der Waals surface area contributed by atoms with Crippen LogP contribution in [0, 0.1) is 6.92 Å². The number of aromatic amines is 1. The number of aromatic nitrogens is 6. The monoisotopic (exact) mass is 398 g/mol. The van der Waals surface area contributed by atoms with Crippen molar-refractivity contribution in [2.24, 2.45) is 0 Å². The van der Waals surface area contributed by atoms with E-state index >= 15 is 0 Å². The molecule has 1 aromatic carbocycles. The molecule has 152 valence electrons. The zero-order valence-electron chi connectivity index (χ0n) is 17.6. The highest BCUT2D eigenvalue weighted by molar-refractivity contribution is 5.67. The van der Waals surface area contributed by atoms with E-state index in [0.717, 1.165) is 34.9 Å². The lowest BCUT2D eigenvalue weighted by Crippen LogP contribution is -2.05. The Hall–Kier alpha value is -3.28. The molecule has 0 saturated carbocycles. The molecule has 6 heteroatoms. The maximum atomic E-state index is 4.62. The minimum Gasteiger partial charge on any atom is -0.336 e. The van der Waals surface area contributed by atoms with E-state index in [1.165, 1.54) is 29.5 Å². The number of nitrogens with one attached hydrogen (secondary N) is 1. The molecular weight excluding hydrogens is 372 g/mol. The van der Waals surface area contributed by atoms with E-state index in [0.29, 0.717) is 11.8 Å². The molecule has 0 amide bonds. The normalized spacial score (nSPS) is 15.7. The highest BCUT2D eigenvalue weighted by Crippen LogP contribution is 2.36. The Bertz CT molecular complexity index is 1190. The van der Waals surface area contributed by atoms with Crippen molar-refractivity contribution < 1.29 is 0 Å². The average molecular weight is 399 g/mol. The number of aryl methyl sites for hydroxylation is 2. The maximum Gasteiger partial charge on any atom is 0.115 e. The van der Waals surface area contributed by atoms with E-state index in [2.05, 4.69) is 68.2 Å². The first-order valence-electron chi connectivity index (χ1n) is 10.6. The van der Waals surface area contributed by atoms with Crippen molar-refractivity contribution in [2.45, 2.75) is 52.0 Å². The summed E-state index contributed by atoms with van der Waals surface area (Å²) in [5, 5.41) is 10.9. The van der Waals surface area contributed by atoms with Crippen LogP contribution in [0.25, 0.3) is 22.6 Å². The van der Waals surface area contributed by atoms with Crippen LogP contribution in [0.3, 0.4) is 0 Å². The van der Waals surface area contributed by atoms with Gasteiger partial charge in [0.05, 0.1) is 17.7 Å². The predicted molar refractivity (Wildman–Crippen MR) is 117 cm³/mol. The number of rotatable bonds is 5. The van der Waals surface area contributed by atoms with Gasteiger partial charge in [-0.25, -0.2) is 4.98 Å². The summed E-state index contributed by atoms with van der Waals surface area (Å²) in [6, 6.07) is 11.0. The van der Waals surface area contributed by atoms with Crippen molar-refractivity contribution in [3.8, 4) is 22.6 Å². The van der Waals surface area contributed by atoms with Crippen LogP contribution in [0.2, 0.25) is 0 Å². The van der Waals surface area contributed by atoms with Gasteiger partial charge in [0, 0.05) is 30.4 Å². The van der Waals surface area contributed by atoms with Gasteiger partial charge in [-0.2, -0.15) is 0 Å². The van der Waals surface area contributed by atoms with Crippen LogP contribution in [0.5, 0.6) is 0 Å². The van der Waals surface area contributed by atoms with Crippen LogP contribution in [0.4, 0.5) is 0 Å². The van der Waals surface area contributed by atoms with Crippen molar-refractivity contribution in [2.75, 3.05) is 0 Å². The average Bonchev–Trinajstić information content (AvgIpc) is 3.48. The van der Waals surface area contributed by atoms with Gasteiger partial charge in [0.15, 0.2) is 0 Å². The Labute approximate surface area is 176 Å².